The first-order chi connectivity index (χ1) is 10.0. The summed E-state index contributed by atoms with van der Waals surface area (Å²) >= 11 is 0. The van der Waals surface area contributed by atoms with Crippen LogP contribution in [0.4, 0.5) is 5.69 Å². The van der Waals surface area contributed by atoms with Gasteiger partial charge in [-0.2, -0.15) is 0 Å². The van der Waals surface area contributed by atoms with Gasteiger partial charge >= 0.3 is 0 Å². The molecule has 0 atom stereocenters. The third-order valence-corrected chi connectivity index (χ3v) is 4.92. The molecule has 1 N–H and O–H groups in total. The Labute approximate surface area is 125 Å². The minimum absolute atomic E-state index is 0.350. The molecular formula is C17H19NO2S. The van der Waals surface area contributed by atoms with Crippen LogP contribution < -0.4 is 5.32 Å². The van der Waals surface area contributed by atoms with Gasteiger partial charge in [-0.25, -0.2) is 8.42 Å². The lowest BCUT2D eigenvalue weighted by molar-refractivity contribution is 0.602. The van der Waals surface area contributed by atoms with Crippen LogP contribution in [-0.4, -0.2) is 14.7 Å². The molecule has 2 aromatic carbocycles. The Morgan fingerprint density at radius 2 is 1.86 bits per heavy atom. The van der Waals surface area contributed by atoms with Crippen molar-refractivity contribution in [3.63, 3.8) is 0 Å². The highest BCUT2D eigenvalue weighted by Gasteiger charge is 2.23. The Balaban J connectivity index is 1.77. The molecule has 0 aliphatic heterocycles. The maximum atomic E-state index is 11.8. The van der Waals surface area contributed by atoms with Crippen molar-refractivity contribution in [2.75, 3.05) is 11.6 Å². The van der Waals surface area contributed by atoms with Crippen LogP contribution >= 0.6 is 0 Å². The SMILES string of the molecule is CS(=O)(=O)c1ccccc1NCc1cccc(C2CC2)c1. The lowest BCUT2D eigenvalue weighted by Crippen LogP contribution is -2.06. The highest BCUT2D eigenvalue weighted by molar-refractivity contribution is 7.90. The summed E-state index contributed by atoms with van der Waals surface area (Å²) in [6.07, 6.45) is 3.81. The molecular weight excluding hydrogens is 282 g/mol. The van der Waals surface area contributed by atoms with Crippen LogP contribution in [-0.2, 0) is 16.4 Å². The van der Waals surface area contributed by atoms with E-state index < -0.39 is 9.84 Å². The molecule has 0 spiro atoms. The summed E-state index contributed by atoms with van der Waals surface area (Å²) < 4.78 is 23.6. The lowest BCUT2D eigenvalue weighted by Gasteiger charge is -2.11. The Morgan fingerprint density at radius 1 is 1.10 bits per heavy atom. The van der Waals surface area contributed by atoms with Crippen LogP contribution in [0.3, 0.4) is 0 Å². The number of anilines is 1. The highest BCUT2D eigenvalue weighted by Crippen LogP contribution is 2.40. The van der Waals surface area contributed by atoms with Gasteiger partial charge in [0.15, 0.2) is 9.84 Å². The predicted molar refractivity (Wildman–Crippen MR) is 85.3 cm³/mol. The van der Waals surface area contributed by atoms with Gasteiger partial charge in [0.05, 0.1) is 10.6 Å². The molecule has 1 fully saturated rings. The second-order valence-corrected chi connectivity index (χ2v) is 7.63. The molecule has 3 nitrogen and oxygen atoms in total. The lowest BCUT2D eigenvalue weighted by atomic mass is 10.1. The van der Waals surface area contributed by atoms with E-state index in [2.05, 4.69) is 29.6 Å². The molecule has 4 heteroatoms. The molecule has 0 aromatic heterocycles. The Bertz CT molecular complexity index is 749. The second-order valence-electron chi connectivity index (χ2n) is 5.64. The molecule has 0 unspecified atom stereocenters. The fourth-order valence-electron chi connectivity index (χ4n) is 2.51. The van der Waals surface area contributed by atoms with Crippen LogP contribution in [0.15, 0.2) is 53.4 Å². The van der Waals surface area contributed by atoms with E-state index in [0.29, 0.717) is 17.1 Å². The summed E-state index contributed by atoms with van der Waals surface area (Å²) in [4.78, 5) is 0.350. The first-order valence-corrected chi connectivity index (χ1v) is 9.05. The summed E-state index contributed by atoms with van der Waals surface area (Å²) in [5.74, 6) is 0.730. The number of nitrogens with one attached hydrogen (secondary N) is 1. The fraction of sp³-hybridized carbons (Fsp3) is 0.294. The van der Waals surface area contributed by atoms with Crippen LogP contribution in [0.5, 0.6) is 0 Å². The van der Waals surface area contributed by atoms with Crippen molar-refractivity contribution in [3.05, 3.63) is 59.7 Å². The number of rotatable bonds is 5. The van der Waals surface area contributed by atoms with Gasteiger partial charge in [-0.05, 0) is 42.0 Å². The minimum atomic E-state index is -3.21. The smallest absolute Gasteiger partial charge is 0.177 e. The quantitative estimate of drug-likeness (QED) is 0.918. The van der Waals surface area contributed by atoms with Gasteiger partial charge in [0.2, 0.25) is 0 Å². The third-order valence-electron chi connectivity index (χ3n) is 3.77. The van der Waals surface area contributed by atoms with Crippen molar-refractivity contribution < 1.29 is 8.42 Å². The van der Waals surface area contributed by atoms with Gasteiger partial charge in [0, 0.05) is 12.8 Å². The number of sulfone groups is 1. The van der Waals surface area contributed by atoms with Crippen LogP contribution in [0.25, 0.3) is 0 Å². The van der Waals surface area contributed by atoms with Gasteiger partial charge in [0.25, 0.3) is 0 Å². The largest absolute Gasteiger partial charge is 0.380 e. The zero-order chi connectivity index (χ0) is 14.9. The van der Waals surface area contributed by atoms with Crippen LogP contribution in [0.2, 0.25) is 0 Å². The molecule has 3 rings (SSSR count). The maximum absolute atomic E-state index is 11.8. The van der Waals surface area contributed by atoms with Gasteiger partial charge in [-0.1, -0.05) is 36.4 Å². The molecule has 1 aliphatic rings. The Hall–Kier alpha value is -1.81. The van der Waals surface area contributed by atoms with Gasteiger partial charge in [0.1, 0.15) is 0 Å². The second kappa shape index (κ2) is 5.53. The average Bonchev–Trinajstić information content (AvgIpc) is 3.29. The van der Waals surface area contributed by atoms with Crippen LogP contribution in [0, 0.1) is 0 Å². The zero-order valence-electron chi connectivity index (χ0n) is 12.0. The summed E-state index contributed by atoms with van der Waals surface area (Å²) in [5, 5.41) is 3.24. The Kier molecular flexibility index (Phi) is 3.72. The van der Waals surface area contributed by atoms with E-state index in [1.54, 1.807) is 18.2 Å². The van der Waals surface area contributed by atoms with E-state index in [-0.39, 0.29) is 0 Å². The maximum Gasteiger partial charge on any atom is 0.177 e. The molecule has 0 bridgehead atoms. The molecule has 1 saturated carbocycles. The number of hydrogen-bond donors (Lipinski definition) is 1. The van der Waals surface area contributed by atoms with Crippen molar-refractivity contribution >= 4 is 15.5 Å². The molecule has 0 amide bonds. The molecule has 2 aromatic rings. The fourth-order valence-corrected chi connectivity index (χ4v) is 3.37. The molecule has 0 heterocycles. The molecule has 0 saturated heterocycles. The van der Waals surface area contributed by atoms with Crippen molar-refractivity contribution in [2.24, 2.45) is 0 Å². The normalized spacial score (nSPS) is 14.9. The van der Waals surface area contributed by atoms with E-state index in [1.165, 1.54) is 30.2 Å². The summed E-state index contributed by atoms with van der Waals surface area (Å²) in [6, 6.07) is 15.6. The van der Waals surface area contributed by atoms with Crippen molar-refractivity contribution in [2.45, 2.75) is 30.2 Å². The van der Waals surface area contributed by atoms with Gasteiger partial charge < -0.3 is 5.32 Å². The van der Waals surface area contributed by atoms with Crippen molar-refractivity contribution in [1.82, 2.24) is 0 Å². The van der Waals surface area contributed by atoms with Crippen LogP contribution in [0.1, 0.15) is 29.9 Å². The van der Waals surface area contributed by atoms with Gasteiger partial charge in [-0.15, -0.1) is 0 Å². The Morgan fingerprint density at radius 3 is 2.57 bits per heavy atom. The molecule has 110 valence electrons. The number of hydrogen-bond acceptors (Lipinski definition) is 3. The summed E-state index contributed by atoms with van der Waals surface area (Å²) in [7, 11) is -3.21. The average molecular weight is 301 g/mol. The standard InChI is InChI=1S/C17H19NO2S/c1-21(19,20)17-8-3-2-7-16(17)18-12-13-5-4-6-15(11-13)14-9-10-14/h2-8,11,14,18H,9-10,12H2,1H3. The molecule has 21 heavy (non-hydrogen) atoms. The van der Waals surface area contributed by atoms with E-state index in [4.69, 9.17) is 0 Å². The molecule has 0 radical (unpaired) electrons. The first kappa shape index (κ1) is 14.1. The summed E-state index contributed by atoms with van der Waals surface area (Å²) in [6.45, 7) is 0.632. The predicted octanol–water partition coefficient (Wildman–Crippen LogP) is 3.58. The van der Waals surface area contributed by atoms with E-state index in [9.17, 15) is 8.42 Å². The van der Waals surface area contributed by atoms with E-state index in [1.807, 2.05) is 6.07 Å². The molecule has 1 aliphatic carbocycles. The van der Waals surface area contributed by atoms with Crippen molar-refractivity contribution in [1.29, 1.82) is 0 Å². The van der Waals surface area contributed by atoms with E-state index in [0.717, 1.165) is 5.92 Å². The van der Waals surface area contributed by atoms with Gasteiger partial charge in [-0.3, -0.25) is 0 Å². The first-order valence-electron chi connectivity index (χ1n) is 7.16. The monoisotopic (exact) mass is 301 g/mol. The topological polar surface area (TPSA) is 46.2 Å². The minimum Gasteiger partial charge on any atom is -0.380 e. The number of benzene rings is 2. The zero-order valence-corrected chi connectivity index (χ0v) is 12.9. The van der Waals surface area contributed by atoms with E-state index >= 15 is 0 Å². The van der Waals surface area contributed by atoms with Crippen molar-refractivity contribution in [3.8, 4) is 0 Å². The number of para-hydroxylation sites is 1. The highest BCUT2D eigenvalue weighted by atomic mass is 32.2. The summed E-state index contributed by atoms with van der Waals surface area (Å²) in [5.41, 5.74) is 3.24. The third kappa shape index (κ3) is 3.45.